The number of nitrogens with zero attached hydrogens (tertiary/aromatic N) is 1. The molecule has 2 atom stereocenters. The molecule has 1 heterocycles. The van der Waals surface area contributed by atoms with Gasteiger partial charge in [0.15, 0.2) is 0 Å². The van der Waals surface area contributed by atoms with Crippen molar-refractivity contribution in [2.75, 3.05) is 6.61 Å². The molecule has 0 bridgehead atoms. The maximum absolute atomic E-state index is 12.5. The molecule has 1 aliphatic carbocycles. The maximum Gasteiger partial charge on any atom is 0.246 e. The minimum atomic E-state index is -0.380. The Kier molecular flexibility index (Phi) is 4.13. The molecule has 19 heavy (non-hydrogen) atoms. The van der Waals surface area contributed by atoms with Crippen molar-refractivity contribution in [1.29, 1.82) is 0 Å². The molecule has 1 saturated heterocycles. The lowest BCUT2D eigenvalue weighted by Crippen LogP contribution is -2.68. The van der Waals surface area contributed by atoms with Crippen LogP contribution in [-0.2, 0) is 14.3 Å². The van der Waals surface area contributed by atoms with Gasteiger partial charge in [0.05, 0.1) is 6.10 Å². The zero-order valence-electron chi connectivity index (χ0n) is 12.2. The van der Waals surface area contributed by atoms with Gasteiger partial charge in [0.1, 0.15) is 12.1 Å². The van der Waals surface area contributed by atoms with E-state index < -0.39 is 0 Å². The maximum atomic E-state index is 12.5. The molecule has 2 unspecified atom stereocenters. The topological polar surface area (TPSA) is 58.6 Å². The third-order valence-corrected chi connectivity index (χ3v) is 4.15. The summed E-state index contributed by atoms with van der Waals surface area (Å²) < 4.78 is 5.53. The second kappa shape index (κ2) is 5.49. The summed E-state index contributed by atoms with van der Waals surface area (Å²) in [5.41, 5.74) is 0. The lowest BCUT2D eigenvalue weighted by atomic mass is 9.84. The van der Waals surface area contributed by atoms with Crippen LogP contribution < -0.4 is 5.32 Å². The SMILES string of the molecule is CCOC1CC(N2C(=O)C(C(C)C)NC(=O)C2C)C1. The van der Waals surface area contributed by atoms with Crippen LogP contribution in [-0.4, -0.2) is 47.6 Å². The Morgan fingerprint density at radius 3 is 2.53 bits per heavy atom. The first kappa shape index (κ1) is 14.3. The second-order valence-electron chi connectivity index (χ2n) is 5.85. The number of hydrogen-bond donors (Lipinski definition) is 1. The van der Waals surface area contributed by atoms with E-state index in [4.69, 9.17) is 4.74 Å². The number of rotatable bonds is 4. The zero-order chi connectivity index (χ0) is 14.2. The largest absolute Gasteiger partial charge is 0.378 e. The molecule has 2 rings (SSSR count). The Hall–Kier alpha value is -1.10. The van der Waals surface area contributed by atoms with Gasteiger partial charge >= 0.3 is 0 Å². The summed E-state index contributed by atoms with van der Waals surface area (Å²) in [5, 5.41) is 2.82. The van der Waals surface area contributed by atoms with Crippen molar-refractivity contribution < 1.29 is 14.3 Å². The summed E-state index contributed by atoms with van der Waals surface area (Å²) in [5.74, 6) is 0.134. The van der Waals surface area contributed by atoms with Crippen molar-refractivity contribution in [3.63, 3.8) is 0 Å². The standard InChI is InChI=1S/C14H24N2O3/c1-5-19-11-6-10(7-11)16-9(4)13(17)15-12(8(2)3)14(16)18/h8-12H,5-7H2,1-4H3,(H,15,17). The summed E-state index contributed by atoms with van der Waals surface area (Å²) in [4.78, 5) is 26.2. The number of amides is 2. The van der Waals surface area contributed by atoms with Crippen molar-refractivity contribution in [3.8, 4) is 0 Å². The number of carbonyl (C=O) groups is 2. The monoisotopic (exact) mass is 268 g/mol. The van der Waals surface area contributed by atoms with Crippen molar-refractivity contribution in [1.82, 2.24) is 10.2 Å². The van der Waals surface area contributed by atoms with Crippen molar-refractivity contribution >= 4 is 11.8 Å². The van der Waals surface area contributed by atoms with Gasteiger partial charge in [-0.25, -0.2) is 0 Å². The Morgan fingerprint density at radius 1 is 1.37 bits per heavy atom. The fourth-order valence-electron chi connectivity index (χ4n) is 2.90. The molecule has 1 aliphatic heterocycles. The summed E-state index contributed by atoms with van der Waals surface area (Å²) >= 11 is 0. The number of piperazine rings is 1. The molecule has 2 amide bonds. The van der Waals surface area contributed by atoms with Crippen molar-refractivity contribution in [2.45, 2.75) is 64.8 Å². The molecular weight excluding hydrogens is 244 g/mol. The molecule has 1 N–H and O–H groups in total. The van der Waals surface area contributed by atoms with Gasteiger partial charge < -0.3 is 15.0 Å². The quantitative estimate of drug-likeness (QED) is 0.825. The number of ether oxygens (including phenoxy) is 1. The van der Waals surface area contributed by atoms with E-state index in [1.165, 1.54) is 0 Å². The van der Waals surface area contributed by atoms with E-state index in [0.29, 0.717) is 6.61 Å². The van der Waals surface area contributed by atoms with Crippen LogP contribution in [0.1, 0.15) is 40.5 Å². The summed E-state index contributed by atoms with van der Waals surface area (Å²) in [6, 6.07) is -0.587. The van der Waals surface area contributed by atoms with Gasteiger partial charge in [0.2, 0.25) is 11.8 Å². The Morgan fingerprint density at radius 2 is 2.00 bits per heavy atom. The molecule has 0 aromatic rings. The first-order chi connectivity index (χ1) is 8.95. The van der Waals surface area contributed by atoms with Gasteiger partial charge in [-0.15, -0.1) is 0 Å². The van der Waals surface area contributed by atoms with E-state index in [0.717, 1.165) is 12.8 Å². The highest BCUT2D eigenvalue weighted by Crippen LogP contribution is 2.32. The number of nitrogens with one attached hydrogen (secondary N) is 1. The normalized spacial score (nSPS) is 35.3. The molecule has 0 aromatic heterocycles. The average molecular weight is 268 g/mol. The van der Waals surface area contributed by atoms with Gasteiger partial charge in [0, 0.05) is 12.6 Å². The predicted molar refractivity (Wildman–Crippen MR) is 71.5 cm³/mol. The molecule has 2 fully saturated rings. The summed E-state index contributed by atoms with van der Waals surface area (Å²) in [6.45, 7) is 8.40. The van der Waals surface area contributed by atoms with Crippen LogP contribution in [0.4, 0.5) is 0 Å². The minimum absolute atomic E-state index is 0.0434. The van der Waals surface area contributed by atoms with Gasteiger partial charge in [-0.2, -0.15) is 0 Å². The molecular formula is C14H24N2O3. The highest BCUT2D eigenvalue weighted by molar-refractivity contribution is 5.97. The smallest absolute Gasteiger partial charge is 0.246 e. The van der Waals surface area contributed by atoms with E-state index in [1.54, 1.807) is 11.8 Å². The second-order valence-corrected chi connectivity index (χ2v) is 5.85. The highest BCUT2D eigenvalue weighted by Gasteiger charge is 2.46. The van der Waals surface area contributed by atoms with E-state index in [9.17, 15) is 9.59 Å². The third-order valence-electron chi connectivity index (χ3n) is 4.15. The van der Waals surface area contributed by atoms with E-state index in [-0.39, 0.29) is 42.0 Å². The van der Waals surface area contributed by atoms with Crippen molar-refractivity contribution in [3.05, 3.63) is 0 Å². The predicted octanol–water partition coefficient (Wildman–Crippen LogP) is 0.925. The number of hydrogen-bond acceptors (Lipinski definition) is 3. The molecule has 5 nitrogen and oxygen atoms in total. The average Bonchev–Trinajstić information content (AvgIpc) is 2.30. The van der Waals surface area contributed by atoms with Crippen LogP contribution in [0.25, 0.3) is 0 Å². The Bertz CT molecular complexity index is 364. The Balaban J connectivity index is 2.05. The van der Waals surface area contributed by atoms with Gasteiger partial charge in [-0.3, -0.25) is 9.59 Å². The van der Waals surface area contributed by atoms with Crippen LogP contribution in [0.2, 0.25) is 0 Å². The first-order valence-electron chi connectivity index (χ1n) is 7.19. The Labute approximate surface area is 114 Å². The van der Waals surface area contributed by atoms with Crippen LogP contribution in [0, 0.1) is 5.92 Å². The third kappa shape index (κ3) is 2.61. The number of carbonyl (C=O) groups excluding carboxylic acids is 2. The van der Waals surface area contributed by atoms with E-state index in [2.05, 4.69) is 5.32 Å². The molecule has 5 heteroatoms. The fourth-order valence-corrected chi connectivity index (χ4v) is 2.90. The fraction of sp³-hybridized carbons (Fsp3) is 0.857. The summed E-state index contributed by atoms with van der Waals surface area (Å²) in [7, 11) is 0. The van der Waals surface area contributed by atoms with Crippen LogP contribution in [0.5, 0.6) is 0 Å². The molecule has 108 valence electrons. The van der Waals surface area contributed by atoms with Gasteiger partial charge in [-0.05, 0) is 32.6 Å². The minimum Gasteiger partial charge on any atom is -0.378 e. The lowest BCUT2D eigenvalue weighted by molar-refractivity contribution is -0.159. The highest BCUT2D eigenvalue weighted by atomic mass is 16.5. The van der Waals surface area contributed by atoms with Crippen LogP contribution in [0.15, 0.2) is 0 Å². The van der Waals surface area contributed by atoms with Gasteiger partial charge in [0.25, 0.3) is 0 Å². The molecule has 0 spiro atoms. The van der Waals surface area contributed by atoms with Crippen molar-refractivity contribution in [2.24, 2.45) is 5.92 Å². The molecule has 0 radical (unpaired) electrons. The van der Waals surface area contributed by atoms with Crippen LogP contribution in [0.3, 0.4) is 0 Å². The lowest BCUT2D eigenvalue weighted by Gasteiger charge is -2.48. The summed E-state index contributed by atoms with van der Waals surface area (Å²) in [6.07, 6.45) is 1.95. The first-order valence-corrected chi connectivity index (χ1v) is 7.19. The van der Waals surface area contributed by atoms with E-state index >= 15 is 0 Å². The molecule has 2 aliphatic rings. The molecule has 0 aromatic carbocycles. The van der Waals surface area contributed by atoms with Crippen LogP contribution >= 0.6 is 0 Å². The van der Waals surface area contributed by atoms with E-state index in [1.807, 2.05) is 20.8 Å². The zero-order valence-corrected chi connectivity index (χ0v) is 12.2. The van der Waals surface area contributed by atoms with Gasteiger partial charge in [-0.1, -0.05) is 13.8 Å². The molecule has 1 saturated carbocycles.